The number of hydrogen-bond acceptors (Lipinski definition) is 0. The Morgan fingerprint density at radius 2 is 1.04 bits per heavy atom. The van der Waals surface area contributed by atoms with E-state index < -0.39 is 0 Å². The molecule has 0 bridgehead atoms. The third kappa shape index (κ3) is 12.7. The number of nitrogens with zero attached hydrogens (tertiary/aromatic N) is 1. The molecule has 0 fully saturated rings. The fourth-order valence-electron chi connectivity index (χ4n) is 3.60. The van der Waals surface area contributed by atoms with Crippen molar-refractivity contribution in [3.05, 3.63) is 12.7 Å². The van der Waals surface area contributed by atoms with Crippen LogP contribution >= 0.6 is 0 Å². The molecule has 0 aliphatic carbocycles. The minimum atomic E-state index is 0.304. The van der Waals surface area contributed by atoms with Crippen molar-refractivity contribution in [2.24, 2.45) is 0 Å². The van der Waals surface area contributed by atoms with E-state index in [0.29, 0.717) is 5.54 Å². The average Bonchev–Trinajstić information content (AvgIpc) is 2.55. The van der Waals surface area contributed by atoms with E-state index in [0.717, 1.165) is 10.9 Å². The zero-order valence-corrected chi connectivity index (χ0v) is 18.5. The highest BCUT2D eigenvalue weighted by atomic mass is 15.4. The highest BCUT2D eigenvalue weighted by molar-refractivity contribution is 4.80. The van der Waals surface area contributed by atoms with Gasteiger partial charge in [-0.05, 0) is 26.7 Å². The number of hydrogen-bond donors (Lipinski definition) is 0. The van der Waals surface area contributed by atoms with Gasteiger partial charge in [-0.1, -0.05) is 90.0 Å². The van der Waals surface area contributed by atoms with Crippen molar-refractivity contribution in [3.8, 4) is 0 Å². The maximum atomic E-state index is 3.92. The highest BCUT2D eigenvalue weighted by Gasteiger charge is 2.34. The van der Waals surface area contributed by atoms with Crippen molar-refractivity contribution in [3.63, 3.8) is 0 Å². The summed E-state index contributed by atoms with van der Waals surface area (Å²) in [5.74, 6) is 0. The summed E-state index contributed by atoms with van der Waals surface area (Å²) in [7, 11) is 4.76. The average molecular weight is 353 g/mol. The molecule has 1 nitrogen and oxygen atoms in total. The van der Waals surface area contributed by atoms with Gasteiger partial charge in [-0.15, -0.1) is 6.58 Å². The number of quaternary nitrogens is 1. The van der Waals surface area contributed by atoms with Crippen molar-refractivity contribution in [2.45, 2.75) is 123 Å². The zero-order chi connectivity index (χ0) is 19.0. The number of rotatable bonds is 18. The van der Waals surface area contributed by atoms with E-state index in [2.05, 4.69) is 47.5 Å². The van der Waals surface area contributed by atoms with E-state index in [-0.39, 0.29) is 0 Å². The van der Waals surface area contributed by atoms with Gasteiger partial charge < -0.3 is 4.48 Å². The molecule has 1 heteroatoms. The summed E-state index contributed by atoms with van der Waals surface area (Å²) in [5.41, 5.74) is 0.304. The van der Waals surface area contributed by atoms with Crippen LogP contribution in [0.3, 0.4) is 0 Å². The Balaban J connectivity index is 3.43. The molecule has 0 rings (SSSR count). The standard InChI is InChI=1S/C24H50N/c1-7-9-10-11-12-13-14-15-16-17-18-19-20-21-23-25(5,6)24(3,4)22-8-2/h8H,2,7,9-23H2,1,3-6H3/q+1. The lowest BCUT2D eigenvalue weighted by Gasteiger charge is -2.44. The summed E-state index contributed by atoms with van der Waals surface area (Å²) in [5, 5.41) is 0. The molecular weight excluding hydrogens is 302 g/mol. The molecule has 0 saturated heterocycles. The molecule has 0 N–H and O–H groups in total. The summed E-state index contributed by atoms with van der Waals surface area (Å²) in [4.78, 5) is 0. The van der Waals surface area contributed by atoms with Crippen LogP contribution in [0, 0.1) is 0 Å². The molecule has 0 aliphatic heterocycles. The van der Waals surface area contributed by atoms with E-state index in [1.807, 2.05) is 0 Å². The van der Waals surface area contributed by atoms with Gasteiger partial charge in [-0.3, -0.25) is 0 Å². The topological polar surface area (TPSA) is 0 Å². The van der Waals surface area contributed by atoms with Gasteiger partial charge in [0.15, 0.2) is 0 Å². The van der Waals surface area contributed by atoms with E-state index in [4.69, 9.17) is 0 Å². The predicted octanol–water partition coefficient (Wildman–Crippen LogP) is 7.90. The van der Waals surface area contributed by atoms with Crippen LogP contribution in [0.1, 0.15) is 117 Å². The summed E-state index contributed by atoms with van der Waals surface area (Å²) in [6.07, 6.45) is 23.3. The van der Waals surface area contributed by atoms with Crippen LogP contribution < -0.4 is 0 Å². The third-order valence-electron chi connectivity index (χ3n) is 6.35. The second kappa shape index (κ2) is 14.8. The lowest BCUT2D eigenvalue weighted by molar-refractivity contribution is -0.937. The largest absolute Gasteiger partial charge is 0.324 e. The van der Waals surface area contributed by atoms with E-state index in [9.17, 15) is 0 Å². The van der Waals surface area contributed by atoms with E-state index >= 15 is 0 Å². The van der Waals surface area contributed by atoms with Gasteiger partial charge in [0.1, 0.15) is 0 Å². The first-order valence-corrected chi connectivity index (χ1v) is 11.3. The zero-order valence-electron chi connectivity index (χ0n) is 18.5. The Kier molecular flexibility index (Phi) is 14.6. The van der Waals surface area contributed by atoms with Gasteiger partial charge >= 0.3 is 0 Å². The van der Waals surface area contributed by atoms with Crippen molar-refractivity contribution < 1.29 is 4.48 Å². The van der Waals surface area contributed by atoms with Gasteiger partial charge in [0.05, 0.1) is 26.2 Å². The Morgan fingerprint density at radius 1 is 0.680 bits per heavy atom. The van der Waals surface area contributed by atoms with Crippen molar-refractivity contribution >= 4 is 0 Å². The van der Waals surface area contributed by atoms with Crippen LogP contribution in [-0.4, -0.2) is 30.7 Å². The molecular formula is C24H50N+. The molecule has 0 unspecified atom stereocenters. The summed E-state index contributed by atoms with van der Waals surface area (Å²) in [6, 6.07) is 0. The third-order valence-corrected chi connectivity index (χ3v) is 6.35. The van der Waals surface area contributed by atoms with Crippen molar-refractivity contribution in [1.29, 1.82) is 0 Å². The first-order valence-electron chi connectivity index (χ1n) is 11.3. The molecule has 150 valence electrons. The van der Waals surface area contributed by atoms with E-state index in [1.54, 1.807) is 0 Å². The van der Waals surface area contributed by atoms with Crippen LogP contribution in [0.5, 0.6) is 0 Å². The molecule has 0 aromatic rings. The van der Waals surface area contributed by atoms with Gasteiger partial charge in [0.25, 0.3) is 0 Å². The Labute approximate surface area is 160 Å². The minimum Gasteiger partial charge on any atom is -0.324 e. The molecule has 0 spiro atoms. The molecule has 0 radical (unpaired) electrons. The summed E-state index contributed by atoms with van der Waals surface area (Å²) in [6.45, 7) is 12.3. The van der Waals surface area contributed by atoms with E-state index in [1.165, 1.54) is 96.4 Å². The maximum absolute atomic E-state index is 3.92. The Hall–Kier alpha value is -0.300. The van der Waals surface area contributed by atoms with Crippen molar-refractivity contribution in [1.82, 2.24) is 0 Å². The molecule has 0 atom stereocenters. The minimum absolute atomic E-state index is 0.304. The highest BCUT2D eigenvalue weighted by Crippen LogP contribution is 2.25. The summed E-state index contributed by atoms with van der Waals surface area (Å²) >= 11 is 0. The van der Waals surface area contributed by atoms with Crippen LogP contribution in [0.25, 0.3) is 0 Å². The first kappa shape index (κ1) is 24.7. The first-order chi connectivity index (χ1) is 11.9. The van der Waals surface area contributed by atoms with Crippen molar-refractivity contribution in [2.75, 3.05) is 20.6 Å². The number of unbranched alkanes of at least 4 members (excludes halogenated alkanes) is 13. The van der Waals surface area contributed by atoms with Crippen LogP contribution in [0.2, 0.25) is 0 Å². The fraction of sp³-hybridized carbons (Fsp3) is 0.917. The molecule has 0 amide bonds. The maximum Gasteiger partial charge on any atom is 0.0966 e. The monoisotopic (exact) mass is 352 g/mol. The molecule has 0 aromatic carbocycles. The fourth-order valence-corrected chi connectivity index (χ4v) is 3.60. The normalized spacial score (nSPS) is 12.5. The lowest BCUT2D eigenvalue weighted by atomic mass is 9.95. The van der Waals surface area contributed by atoms with Gasteiger partial charge in [0, 0.05) is 6.42 Å². The van der Waals surface area contributed by atoms with Gasteiger partial charge in [0.2, 0.25) is 0 Å². The van der Waals surface area contributed by atoms with Crippen LogP contribution in [0.4, 0.5) is 0 Å². The molecule has 0 aliphatic rings. The SMILES string of the molecule is C=CCC(C)(C)[N+](C)(C)CCCCCCCCCCCCCCCC. The summed E-state index contributed by atoms with van der Waals surface area (Å²) < 4.78 is 1.11. The molecule has 0 saturated carbocycles. The second-order valence-corrected chi connectivity index (χ2v) is 9.31. The predicted molar refractivity (Wildman–Crippen MR) is 116 cm³/mol. The quantitative estimate of drug-likeness (QED) is 0.134. The lowest BCUT2D eigenvalue weighted by Crippen LogP contribution is -2.56. The molecule has 0 aromatic heterocycles. The molecule has 25 heavy (non-hydrogen) atoms. The van der Waals surface area contributed by atoms with Crippen LogP contribution in [-0.2, 0) is 0 Å². The van der Waals surface area contributed by atoms with Crippen LogP contribution in [0.15, 0.2) is 12.7 Å². The van der Waals surface area contributed by atoms with Gasteiger partial charge in [-0.2, -0.15) is 0 Å². The molecule has 0 heterocycles. The Morgan fingerprint density at radius 3 is 1.40 bits per heavy atom. The van der Waals surface area contributed by atoms with Gasteiger partial charge in [-0.25, -0.2) is 0 Å². The smallest absolute Gasteiger partial charge is 0.0966 e. The second-order valence-electron chi connectivity index (χ2n) is 9.31. The Bertz CT molecular complexity index is 303.